The molecular formula is C16H31N3O2. The minimum atomic E-state index is -0.475. The number of carbonyl (C=O) groups excluding carboxylic acids is 2. The number of carbonyl (C=O) groups is 2. The highest BCUT2D eigenvalue weighted by Crippen LogP contribution is 2.38. The molecule has 1 saturated carbocycles. The monoisotopic (exact) mass is 297 g/mol. The van der Waals surface area contributed by atoms with Crippen LogP contribution in [0.5, 0.6) is 0 Å². The molecule has 1 fully saturated rings. The molecule has 1 rings (SSSR count). The van der Waals surface area contributed by atoms with Gasteiger partial charge in [-0.1, -0.05) is 20.8 Å². The average Bonchev–Trinajstić information content (AvgIpc) is 2.35. The highest BCUT2D eigenvalue weighted by molar-refractivity contribution is 5.87. The molecular weight excluding hydrogens is 266 g/mol. The minimum Gasteiger partial charge on any atom is -0.347 e. The Morgan fingerprint density at radius 3 is 2.48 bits per heavy atom. The molecule has 0 bridgehead atoms. The highest BCUT2D eigenvalue weighted by atomic mass is 16.2. The number of nitrogens with one attached hydrogen (secondary N) is 2. The predicted octanol–water partition coefficient (Wildman–Crippen LogP) is 1.38. The van der Waals surface area contributed by atoms with Crippen molar-refractivity contribution in [3.05, 3.63) is 0 Å². The zero-order valence-electron chi connectivity index (χ0n) is 14.3. The van der Waals surface area contributed by atoms with Gasteiger partial charge in [0.1, 0.15) is 6.04 Å². The molecule has 21 heavy (non-hydrogen) atoms. The van der Waals surface area contributed by atoms with Gasteiger partial charge in [0.15, 0.2) is 0 Å². The largest absolute Gasteiger partial charge is 0.347 e. The van der Waals surface area contributed by atoms with Gasteiger partial charge in [-0.2, -0.15) is 0 Å². The van der Waals surface area contributed by atoms with E-state index < -0.39 is 6.04 Å². The van der Waals surface area contributed by atoms with E-state index in [-0.39, 0.29) is 18.4 Å². The molecule has 1 aliphatic carbocycles. The van der Waals surface area contributed by atoms with E-state index in [0.29, 0.717) is 17.4 Å². The normalized spacial score (nSPS) is 26.0. The summed E-state index contributed by atoms with van der Waals surface area (Å²) in [6.07, 6.45) is 3.47. The van der Waals surface area contributed by atoms with Crippen LogP contribution in [0.4, 0.5) is 0 Å². The van der Waals surface area contributed by atoms with E-state index in [9.17, 15) is 9.59 Å². The molecule has 0 unspecified atom stereocenters. The second-order valence-electron chi connectivity index (χ2n) is 7.39. The first-order chi connectivity index (χ1) is 9.62. The lowest BCUT2D eigenvalue weighted by Crippen LogP contribution is -2.49. The Labute approximate surface area is 128 Å². The molecule has 5 heteroatoms. The van der Waals surface area contributed by atoms with E-state index in [0.717, 1.165) is 6.42 Å². The molecule has 122 valence electrons. The van der Waals surface area contributed by atoms with Crippen LogP contribution in [0.3, 0.4) is 0 Å². The summed E-state index contributed by atoms with van der Waals surface area (Å²) in [5.74, 6) is 0.369. The van der Waals surface area contributed by atoms with E-state index in [4.69, 9.17) is 0 Å². The van der Waals surface area contributed by atoms with Crippen LogP contribution in [0.25, 0.3) is 0 Å². The van der Waals surface area contributed by atoms with Crippen LogP contribution in [0, 0.1) is 11.3 Å². The summed E-state index contributed by atoms with van der Waals surface area (Å²) >= 11 is 0. The van der Waals surface area contributed by atoms with E-state index in [2.05, 4.69) is 31.4 Å². The fourth-order valence-electron chi connectivity index (χ4n) is 3.22. The Balaban J connectivity index is 2.35. The van der Waals surface area contributed by atoms with Crippen LogP contribution in [-0.2, 0) is 9.59 Å². The maximum absolute atomic E-state index is 11.9. The van der Waals surface area contributed by atoms with Gasteiger partial charge in [-0.3, -0.25) is 9.59 Å². The van der Waals surface area contributed by atoms with E-state index >= 15 is 0 Å². The third-order valence-electron chi connectivity index (χ3n) is 4.41. The molecule has 0 aromatic heterocycles. The lowest BCUT2D eigenvalue weighted by atomic mass is 9.70. The van der Waals surface area contributed by atoms with E-state index in [1.165, 1.54) is 17.7 Å². The fourth-order valence-corrected chi connectivity index (χ4v) is 3.22. The highest BCUT2D eigenvalue weighted by Gasteiger charge is 2.32. The Hall–Kier alpha value is -1.10. The van der Waals surface area contributed by atoms with Crippen LogP contribution in [-0.4, -0.2) is 49.4 Å². The van der Waals surface area contributed by atoms with Crippen LogP contribution in [0.2, 0.25) is 0 Å². The Morgan fingerprint density at radius 2 is 1.95 bits per heavy atom. The van der Waals surface area contributed by atoms with Crippen molar-refractivity contribution < 1.29 is 9.59 Å². The second kappa shape index (κ2) is 7.25. The third kappa shape index (κ3) is 5.65. The molecule has 0 saturated heterocycles. The van der Waals surface area contributed by atoms with Gasteiger partial charge in [0, 0.05) is 20.1 Å². The van der Waals surface area contributed by atoms with Crippen molar-refractivity contribution in [3.63, 3.8) is 0 Å². The molecule has 0 heterocycles. The molecule has 2 amide bonds. The van der Waals surface area contributed by atoms with Gasteiger partial charge in [-0.05, 0) is 37.5 Å². The summed E-state index contributed by atoms with van der Waals surface area (Å²) in [7, 11) is 3.38. The maximum Gasteiger partial charge on any atom is 0.244 e. The van der Waals surface area contributed by atoms with Crippen molar-refractivity contribution in [2.24, 2.45) is 11.3 Å². The van der Waals surface area contributed by atoms with Crippen molar-refractivity contribution in [1.82, 2.24) is 15.5 Å². The van der Waals surface area contributed by atoms with Gasteiger partial charge in [0.2, 0.25) is 11.8 Å². The zero-order valence-corrected chi connectivity index (χ0v) is 14.3. The summed E-state index contributed by atoms with van der Waals surface area (Å²) in [6.45, 7) is 8.85. The van der Waals surface area contributed by atoms with E-state index in [1.54, 1.807) is 21.0 Å². The fraction of sp³-hybridized carbons (Fsp3) is 0.875. The van der Waals surface area contributed by atoms with Crippen molar-refractivity contribution in [1.29, 1.82) is 0 Å². The van der Waals surface area contributed by atoms with Crippen LogP contribution >= 0.6 is 0 Å². The minimum absolute atomic E-state index is 0.0869. The van der Waals surface area contributed by atoms with Crippen LogP contribution in [0.1, 0.15) is 47.0 Å². The second-order valence-corrected chi connectivity index (χ2v) is 7.39. The molecule has 3 atom stereocenters. The van der Waals surface area contributed by atoms with Crippen LogP contribution in [0.15, 0.2) is 0 Å². The average molecular weight is 297 g/mol. The van der Waals surface area contributed by atoms with Crippen LogP contribution < -0.4 is 10.6 Å². The van der Waals surface area contributed by atoms with Crippen molar-refractivity contribution in [2.45, 2.75) is 59.0 Å². The summed E-state index contributed by atoms with van der Waals surface area (Å²) in [5, 5.41) is 6.08. The Bertz CT molecular complexity index is 380. The molecule has 2 N–H and O–H groups in total. The SMILES string of the molecule is C[C@H](NC(=O)CN[C@@H]1CCC(C)(C)C[C@@H]1C)C(=O)N(C)C. The molecule has 0 spiro atoms. The zero-order chi connectivity index (χ0) is 16.2. The first-order valence-electron chi connectivity index (χ1n) is 7.86. The predicted molar refractivity (Wildman–Crippen MR) is 84.9 cm³/mol. The topological polar surface area (TPSA) is 61.4 Å². The maximum atomic E-state index is 11.9. The number of hydrogen-bond acceptors (Lipinski definition) is 3. The molecule has 5 nitrogen and oxygen atoms in total. The molecule has 0 aromatic rings. The lowest BCUT2D eigenvalue weighted by Gasteiger charge is -2.39. The van der Waals surface area contributed by atoms with Crippen molar-refractivity contribution in [3.8, 4) is 0 Å². The quantitative estimate of drug-likeness (QED) is 0.806. The van der Waals surface area contributed by atoms with Gasteiger partial charge >= 0.3 is 0 Å². The number of likely N-dealkylation sites (N-methyl/N-ethyl adjacent to an activating group) is 1. The Kier molecular flexibility index (Phi) is 6.20. The molecule has 0 aliphatic heterocycles. The number of rotatable bonds is 5. The molecule has 1 aliphatic rings. The van der Waals surface area contributed by atoms with Gasteiger partial charge < -0.3 is 15.5 Å². The number of hydrogen-bond donors (Lipinski definition) is 2. The van der Waals surface area contributed by atoms with Gasteiger partial charge in [0.05, 0.1) is 6.54 Å². The number of amides is 2. The van der Waals surface area contributed by atoms with Crippen molar-refractivity contribution >= 4 is 11.8 Å². The van der Waals surface area contributed by atoms with Gasteiger partial charge in [-0.25, -0.2) is 0 Å². The first-order valence-corrected chi connectivity index (χ1v) is 7.86. The summed E-state index contributed by atoms with van der Waals surface area (Å²) in [6, 6.07) is -0.0827. The standard InChI is InChI=1S/C16H31N3O2/c1-11-9-16(3,4)8-7-13(11)17-10-14(20)18-12(2)15(21)19(5)6/h11-13,17H,7-10H2,1-6H3,(H,18,20)/t11-,12-,13+/m0/s1. The summed E-state index contributed by atoms with van der Waals surface area (Å²) < 4.78 is 0. The molecule has 0 radical (unpaired) electrons. The Morgan fingerprint density at radius 1 is 1.33 bits per heavy atom. The van der Waals surface area contributed by atoms with Crippen molar-refractivity contribution in [2.75, 3.05) is 20.6 Å². The third-order valence-corrected chi connectivity index (χ3v) is 4.41. The smallest absolute Gasteiger partial charge is 0.244 e. The first kappa shape index (κ1) is 18.0. The lowest BCUT2D eigenvalue weighted by molar-refractivity contribution is -0.133. The summed E-state index contributed by atoms with van der Waals surface area (Å²) in [5.41, 5.74) is 0.409. The molecule has 0 aromatic carbocycles. The number of nitrogens with zero attached hydrogens (tertiary/aromatic N) is 1. The van der Waals surface area contributed by atoms with E-state index in [1.807, 2.05) is 0 Å². The van der Waals surface area contributed by atoms with Gasteiger partial charge in [0.25, 0.3) is 0 Å². The summed E-state index contributed by atoms with van der Waals surface area (Å²) in [4.78, 5) is 25.1. The van der Waals surface area contributed by atoms with Gasteiger partial charge in [-0.15, -0.1) is 0 Å².